The van der Waals surface area contributed by atoms with Crippen LogP contribution in [0.5, 0.6) is 0 Å². The lowest BCUT2D eigenvalue weighted by Crippen LogP contribution is -2.24. The maximum atomic E-state index is 13.9. The highest BCUT2D eigenvalue weighted by molar-refractivity contribution is 5.74. The molecule has 0 unspecified atom stereocenters. The van der Waals surface area contributed by atoms with E-state index in [0.717, 1.165) is 17.2 Å². The van der Waals surface area contributed by atoms with Crippen molar-refractivity contribution in [2.75, 3.05) is 0 Å². The molecule has 0 aliphatic carbocycles. The monoisotopic (exact) mass is 467 g/mol. The van der Waals surface area contributed by atoms with Gasteiger partial charge >= 0.3 is 12.3 Å². The Morgan fingerprint density at radius 2 is 1.68 bits per heavy atom. The molecule has 0 saturated carbocycles. The molecule has 34 heavy (non-hydrogen) atoms. The second kappa shape index (κ2) is 9.01. The molecule has 1 heterocycles. The van der Waals surface area contributed by atoms with Crippen molar-refractivity contribution in [3.63, 3.8) is 0 Å². The molecular weight excluding hydrogens is 447 g/mol. The zero-order valence-electron chi connectivity index (χ0n) is 18.2. The van der Waals surface area contributed by atoms with Gasteiger partial charge in [-0.1, -0.05) is 59.8 Å². The van der Waals surface area contributed by atoms with Crippen LogP contribution in [0.1, 0.15) is 29.7 Å². The number of halogens is 3. The molecule has 4 rings (SSSR count). The quantitative estimate of drug-likeness (QED) is 0.340. The van der Waals surface area contributed by atoms with Crippen molar-refractivity contribution in [2.24, 2.45) is 0 Å². The average molecular weight is 467 g/mol. The first kappa shape index (κ1) is 23.0. The number of aryl methyl sites for hydroxylation is 1. The van der Waals surface area contributed by atoms with Crippen LogP contribution in [0.25, 0.3) is 34.0 Å². The van der Waals surface area contributed by atoms with E-state index >= 15 is 0 Å². The average Bonchev–Trinajstić information content (AvgIpc) is 3.28. The Morgan fingerprint density at radius 1 is 1.00 bits per heavy atom. The van der Waals surface area contributed by atoms with Gasteiger partial charge in [0.05, 0.1) is 11.6 Å². The molecule has 0 saturated heterocycles. The number of alkyl halides is 3. The molecule has 9 heteroatoms. The number of rotatable bonds is 5. The van der Waals surface area contributed by atoms with Crippen molar-refractivity contribution >= 4 is 6.09 Å². The van der Waals surface area contributed by atoms with E-state index in [2.05, 4.69) is 15.5 Å². The number of nitrogens with one attached hydrogen (secondary N) is 1. The second-order valence-corrected chi connectivity index (χ2v) is 7.79. The van der Waals surface area contributed by atoms with E-state index in [1.807, 2.05) is 0 Å². The lowest BCUT2D eigenvalue weighted by atomic mass is 9.94. The standard InChI is InChI=1S/C25H20F3N3O3/c1-14-5-3-4-6-19(14)20-12-11-18(13-21(20)25(26,27)28)23-30-22(31-34-23)17-9-7-16(8-10-17)15(2)29-24(32)33/h3-13,15,29H,1-2H3,(H,32,33)/t15-/m1/s1. The van der Waals surface area contributed by atoms with Crippen LogP contribution in [0.2, 0.25) is 0 Å². The van der Waals surface area contributed by atoms with Gasteiger partial charge in [-0.3, -0.25) is 0 Å². The fourth-order valence-corrected chi connectivity index (χ4v) is 3.67. The zero-order chi connectivity index (χ0) is 24.5. The number of nitrogens with zero attached hydrogens (tertiary/aromatic N) is 2. The van der Waals surface area contributed by atoms with Gasteiger partial charge in [0.15, 0.2) is 0 Å². The van der Waals surface area contributed by atoms with Crippen LogP contribution in [0.4, 0.5) is 18.0 Å². The molecule has 1 atom stereocenters. The lowest BCUT2D eigenvalue weighted by Gasteiger charge is -2.15. The first-order valence-electron chi connectivity index (χ1n) is 10.3. The topological polar surface area (TPSA) is 88.2 Å². The summed E-state index contributed by atoms with van der Waals surface area (Å²) in [6.07, 6.45) is -5.71. The summed E-state index contributed by atoms with van der Waals surface area (Å²) in [7, 11) is 0. The summed E-state index contributed by atoms with van der Waals surface area (Å²) in [4.78, 5) is 15.1. The molecule has 0 aliphatic rings. The molecule has 0 bridgehead atoms. The molecule has 6 nitrogen and oxygen atoms in total. The molecule has 2 N–H and O–H groups in total. The molecule has 0 spiro atoms. The molecule has 4 aromatic rings. The normalized spacial score (nSPS) is 12.4. The molecule has 0 fully saturated rings. The van der Waals surface area contributed by atoms with Gasteiger partial charge in [0.1, 0.15) is 0 Å². The third-order valence-electron chi connectivity index (χ3n) is 5.44. The Balaban J connectivity index is 1.66. The van der Waals surface area contributed by atoms with Crippen molar-refractivity contribution in [3.8, 4) is 34.0 Å². The number of hydrogen-bond acceptors (Lipinski definition) is 4. The first-order chi connectivity index (χ1) is 16.1. The van der Waals surface area contributed by atoms with Crippen molar-refractivity contribution in [3.05, 3.63) is 83.4 Å². The Kier molecular flexibility index (Phi) is 6.10. The van der Waals surface area contributed by atoms with Crippen LogP contribution in [0.3, 0.4) is 0 Å². The van der Waals surface area contributed by atoms with Gasteiger partial charge < -0.3 is 14.9 Å². The van der Waals surface area contributed by atoms with Gasteiger partial charge in [-0.05, 0) is 48.2 Å². The molecule has 174 valence electrons. The van der Waals surface area contributed by atoms with Crippen LogP contribution in [-0.2, 0) is 6.18 Å². The summed E-state index contributed by atoms with van der Waals surface area (Å²) in [6.45, 7) is 3.46. The van der Waals surface area contributed by atoms with Gasteiger partial charge in [-0.15, -0.1) is 0 Å². The third kappa shape index (κ3) is 4.78. The number of benzene rings is 3. The number of hydrogen-bond donors (Lipinski definition) is 2. The fraction of sp³-hybridized carbons (Fsp3) is 0.160. The minimum absolute atomic E-state index is 0.0400. The molecule has 0 radical (unpaired) electrons. The minimum atomic E-state index is -4.58. The van der Waals surface area contributed by atoms with E-state index in [1.54, 1.807) is 62.4 Å². The lowest BCUT2D eigenvalue weighted by molar-refractivity contribution is -0.137. The summed E-state index contributed by atoms with van der Waals surface area (Å²) in [5.41, 5.74) is 1.98. The molecule has 1 amide bonds. The molecule has 3 aromatic carbocycles. The predicted molar refractivity (Wildman–Crippen MR) is 120 cm³/mol. The van der Waals surface area contributed by atoms with Crippen molar-refractivity contribution in [2.45, 2.75) is 26.1 Å². The summed E-state index contributed by atoms with van der Waals surface area (Å²) in [6, 6.07) is 17.2. The Hall–Kier alpha value is -4.14. The second-order valence-electron chi connectivity index (χ2n) is 7.79. The fourth-order valence-electron chi connectivity index (χ4n) is 3.67. The number of aromatic nitrogens is 2. The van der Waals surface area contributed by atoms with Gasteiger partial charge in [0.25, 0.3) is 5.89 Å². The third-order valence-corrected chi connectivity index (χ3v) is 5.44. The molecule has 0 aliphatic heterocycles. The van der Waals surface area contributed by atoms with E-state index in [0.29, 0.717) is 11.1 Å². The largest absolute Gasteiger partial charge is 0.465 e. The number of amides is 1. The number of carbonyl (C=O) groups is 1. The van der Waals surface area contributed by atoms with Gasteiger partial charge in [0.2, 0.25) is 5.82 Å². The van der Waals surface area contributed by atoms with Gasteiger partial charge in [0, 0.05) is 11.1 Å². The summed E-state index contributed by atoms with van der Waals surface area (Å²) >= 11 is 0. The maximum Gasteiger partial charge on any atom is 0.417 e. The number of carboxylic acid groups (broad SMARTS) is 1. The van der Waals surface area contributed by atoms with E-state index in [1.165, 1.54) is 12.1 Å². The van der Waals surface area contributed by atoms with Crippen molar-refractivity contribution in [1.29, 1.82) is 0 Å². The van der Waals surface area contributed by atoms with E-state index in [9.17, 15) is 18.0 Å². The van der Waals surface area contributed by atoms with Crippen LogP contribution >= 0.6 is 0 Å². The Labute approximate surface area is 193 Å². The van der Waals surface area contributed by atoms with Crippen LogP contribution < -0.4 is 5.32 Å². The minimum Gasteiger partial charge on any atom is -0.465 e. The van der Waals surface area contributed by atoms with E-state index < -0.39 is 23.9 Å². The van der Waals surface area contributed by atoms with Crippen LogP contribution in [0.15, 0.2) is 71.3 Å². The first-order valence-corrected chi connectivity index (χ1v) is 10.3. The highest BCUT2D eigenvalue weighted by atomic mass is 19.4. The van der Waals surface area contributed by atoms with Crippen LogP contribution in [-0.4, -0.2) is 21.3 Å². The summed E-state index contributed by atoms with van der Waals surface area (Å²) in [5, 5.41) is 15.1. The van der Waals surface area contributed by atoms with E-state index in [4.69, 9.17) is 9.63 Å². The Bertz CT molecular complexity index is 1330. The predicted octanol–water partition coefficient (Wildman–Crippen LogP) is 6.73. The molecule has 1 aromatic heterocycles. The maximum absolute atomic E-state index is 13.9. The highest BCUT2D eigenvalue weighted by Crippen LogP contribution is 2.40. The van der Waals surface area contributed by atoms with Crippen molar-refractivity contribution in [1.82, 2.24) is 15.5 Å². The molecular formula is C25H20F3N3O3. The summed E-state index contributed by atoms with van der Waals surface area (Å²) < 4.78 is 47.0. The summed E-state index contributed by atoms with van der Waals surface area (Å²) in [5.74, 6) is 0.166. The highest BCUT2D eigenvalue weighted by Gasteiger charge is 2.34. The van der Waals surface area contributed by atoms with Gasteiger partial charge in [-0.25, -0.2) is 4.79 Å². The van der Waals surface area contributed by atoms with E-state index in [-0.39, 0.29) is 22.8 Å². The zero-order valence-corrected chi connectivity index (χ0v) is 18.2. The van der Waals surface area contributed by atoms with Crippen LogP contribution in [0, 0.1) is 6.92 Å². The Morgan fingerprint density at radius 3 is 2.32 bits per heavy atom. The van der Waals surface area contributed by atoms with Gasteiger partial charge in [-0.2, -0.15) is 18.2 Å². The smallest absolute Gasteiger partial charge is 0.417 e. The van der Waals surface area contributed by atoms with Crippen molar-refractivity contribution < 1.29 is 27.6 Å². The SMILES string of the molecule is Cc1ccccc1-c1ccc(-c2nc(-c3ccc([C@@H](C)NC(=O)O)cc3)no2)cc1C(F)(F)F.